The fourth-order valence-corrected chi connectivity index (χ4v) is 3.16. The van der Waals surface area contributed by atoms with Gasteiger partial charge >= 0.3 is 17.9 Å². The Hall–Kier alpha value is -2.40. The summed E-state index contributed by atoms with van der Waals surface area (Å²) in [6.07, 6.45) is 23.3. The van der Waals surface area contributed by atoms with E-state index in [0.717, 1.165) is 12.8 Å². The summed E-state index contributed by atoms with van der Waals surface area (Å²) in [6, 6.07) is -1.26. The zero-order valence-electron chi connectivity index (χ0n) is 20.4. The standard InChI is InChI=1S/C25H40N2O7S/c1-2-3-4-5-6-7-8-9-10-11-12-13-14-15-16-17-18-25(24(31)32,26-19-22(28)29)34-23(30)21(20-35)27-33/h6-7,9-14,21,26-27,33,35H,2-5,8,15-20H2,1H3,(H,28,29)(H,31,32)/b7-6+,10-9+,12-11+,14-13+. The molecule has 5 N–H and O–H groups in total. The minimum atomic E-state index is -2.23. The number of nitrogens with one attached hydrogen (secondary N) is 2. The van der Waals surface area contributed by atoms with Crippen molar-refractivity contribution < 1.29 is 34.5 Å². The lowest BCUT2D eigenvalue weighted by Gasteiger charge is -2.31. The van der Waals surface area contributed by atoms with Gasteiger partial charge in [0, 0.05) is 12.2 Å². The molecule has 10 heteroatoms. The first-order valence-corrected chi connectivity index (χ1v) is 12.5. The zero-order valence-corrected chi connectivity index (χ0v) is 21.3. The predicted octanol–water partition coefficient (Wildman–Crippen LogP) is 4.02. The number of thiol groups is 1. The monoisotopic (exact) mass is 512 g/mol. The summed E-state index contributed by atoms with van der Waals surface area (Å²) in [5, 5.41) is 29.9. The van der Waals surface area contributed by atoms with E-state index in [9.17, 15) is 19.5 Å². The molecule has 0 saturated carbocycles. The number of carboxylic acid groups (broad SMARTS) is 2. The highest BCUT2D eigenvalue weighted by Crippen LogP contribution is 2.19. The molecule has 0 radical (unpaired) electrons. The summed E-state index contributed by atoms with van der Waals surface area (Å²) < 4.78 is 5.09. The Morgan fingerprint density at radius 2 is 1.60 bits per heavy atom. The van der Waals surface area contributed by atoms with Crippen molar-refractivity contribution in [2.45, 2.75) is 76.5 Å². The van der Waals surface area contributed by atoms with Gasteiger partial charge in [-0.3, -0.25) is 14.9 Å². The largest absolute Gasteiger partial charge is 0.480 e. The topological polar surface area (TPSA) is 145 Å². The number of ether oxygens (including phenoxy) is 1. The lowest BCUT2D eigenvalue weighted by molar-refractivity contribution is -0.187. The third-order valence-electron chi connectivity index (χ3n) is 4.94. The minimum absolute atomic E-state index is 0.146. The Bertz CT molecular complexity index is 733. The number of unbranched alkanes of at least 4 members (excludes halogenated alkanes) is 5. The van der Waals surface area contributed by atoms with Crippen molar-refractivity contribution in [3.05, 3.63) is 48.6 Å². The number of hydroxylamine groups is 1. The first-order chi connectivity index (χ1) is 16.8. The highest BCUT2D eigenvalue weighted by Gasteiger charge is 2.43. The van der Waals surface area contributed by atoms with Crippen molar-refractivity contribution in [1.82, 2.24) is 10.8 Å². The van der Waals surface area contributed by atoms with Gasteiger partial charge in [0.15, 0.2) is 0 Å². The van der Waals surface area contributed by atoms with Gasteiger partial charge in [-0.25, -0.2) is 4.79 Å². The highest BCUT2D eigenvalue weighted by atomic mass is 32.1. The third kappa shape index (κ3) is 16.0. The molecule has 2 atom stereocenters. The van der Waals surface area contributed by atoms with Crippen LogP contribution in [-0.2, 0) is 19.1 Å². The molecule has 9 nitrogen and oxygen atoms in total. The average molecular weight is 513 g/mol. The summed E-state index contributed by atoms with van der Waals surface area (Å²) in [6.45, 7) is 1.47. The molecule has 0 aromatic carbocycles. The third-order valence-corrected chi connectivity index (χ3v) is 5.30. The van der Waals surface area contributed by atoms with Gasteiger partial charge in [-0.15, -0.1) is 0 Å². The van der Waals surface area contributed by atoms with Crippen LogP contribution in [-0.4, -0.2) is 57.4 Å². The maximum atomic E-state index is 12.2. The lowest BCUT2D eigenvalue weighted by atomic mass is 10.0. The Morgan fingerprint density at radius 1 is 0.943 bits per heavy atom. The second-order valence-corrected chi connectivity index (χ2v) is 8.22. The zero-order chi connectivity index (χ0) is 26.4. The van der Waals surface area contributed by atoms with Crippen LogP contribution < -0.4 is 10.8 Å². The predicted molar refractivity (Wildman–Crippen MR) is 138 cm³/mol. The van der Waals surface area contributed by atoms with Crippen molar-refractivity contribution >= 4 is 30.5 Å². The van der Waals surface area contributed by atoms with Crippen molar-refractivity contribution in [1.29, 1.82) is 0 Å². The molecule has 0 aliphatic carbocycles. The van der Waals surface area contributed by atoms with Crippen LogP contribution >= 0.6 is 12.6 Å². The first-order valence-electron chi connectivity index (χ1n) is 11.9. The number of aliphatic carboxylic acids is 2. The van der Waals surface area contributed by atoms with Crippen molar-refractivity contribution in [3.8, 4) is 0 Å². The molecule has 0 rings (SSSR count). The normalized spacial score (nSPS) is 14.7. The van der Waals surface area contributed by atoms with Crippen LogP contribution in [0, 0.1) is 0 Å². The molecule has 0 heterocycles. The van der Waals surface area contributed by atoms with Crippen LogP contribution in [0.25, 0.3) is 0 Å². The number of allylic oxidation sites excluding steroid dienone is 8. The second kappa shape index (κ2) is 20.9. The van der Waals surface area contributed by atoms with Gasteiger partial charge in [0.05, 0.1) is 6.54 Å². The first kappa shape index (κ1) is 32.6. The van der Waals surface area contributed by atoms with E-state index < -0.39 is 36.2 Å². The quantitative estimate of drug-likeness (QED) is 0.0255. The molecular weight excluding hydrogens is 472 g/mol. The summed E-state index contributed by atoms with van der Waals surface area (Å²) in [7, 11) is 0. The molecule has 0 aliphatic rings. The fourth-order valence-electron chi connectivity index (χ4n) is 2.93. The number of carboxylic acids is 2. The molecule has 0 spiro atoms. The van der Waals surface area contributed by atoms with E-state index in [1.165, 1.54) is 19.3 Å². The average Bonchev–Trinajstić information content (AvgIpc) is 2.82. The van der Waals surface area contributed by atoms with Crippen LogP contribution in [0.2, 0.25) is 0 Å². The van der Waals surface area contributed by atoms with Crippen LogP contribution in [0.15, 0.2) is 48.6 Å². The molecule has 0 bridgehead atoms. The van der Waals surface area contributed by atoms with E-state index in [1.807, 2.05) is 30.4 Å². The molecule has 0 fully saturated rings. The van der Waals surface area contributed by atoms with Gasteiger partial charge in [0.2, 0.25) is 0 Å². The molecular formula is C25H40N2O7S. The second-order valence-electron chi connectivity index (χ2n) is 7.85. The van der Waals surface area contributed by atoms with E-state index in [4.69, 9.17) is 15.1 Å². The van der Waals surface area contributed by atoms with Gasteiger partial charge in [-0.2, -0.15) is 18.1 Å². The summed E-state index contributed by atoms with van der Waals surface area (Å²) in [5.41, 5.74) is -0.540. The SMILES string of the molecule is CCCCC/C=C/C/C=C/C=C/C=C/CCCCC(NCC(=O)O)(OC(=O)C(CS)NO)C(=O)O. The van der Waals surface area contributed by atoms with Gasteiger partial charge in [-0.05, 0) is 38.5 Å². The van der Waals surface area contributed by atoms with Gasteiger partial charge in [-0.1, -0.05) is 68.4 Å². The van der Waals surface area contributed by atoms with Gasteiger partial charge < -0.3 is 20.2 Å². The Labute approximate surface area is 213 Å². The van der Waals surface area contributed by atoms with Crippen molar-refractivity contribution in [3.63, 3.8) is 0 Å². The highest BCUT2D eigenvalue weighted by molar-refractivity contribution is 7.80. The number of carbonyl (C=O) groups excluding carboxylic acids is 1. The Kier molecular flexibility index (Phi) is 19.5. The number of hydrogen-bond donors (Lipinski definition) is 6. The number of rotatable bonds is 21. The van der Waals surface area contributed by atoms with E-state index in [2.05, 4.69) is 43.1 Å². The molecule has 35 heavy (non-hydrogen) atoms. The summed E-state index contributed by atoms with van der Waals surface area (Å²) >= 11 is 3.88. The molecule has 0 aromatic rings. The van der Waals surface area contributed by atoms with E-state index in [0.29, 0.717) is 19.3 Å². The van der Waals surface area contributed by atoms with E-state index in [1.54, 1.807) is 5.48 Å². The maximum Gasteiger partial charge on any atom is 0.364 e. The minimum Gasteiger partial charge on any atom is -0.480 e. The van der Waals surface area contributed by atoms with Gasteiger partial charge in [0.25, 0.3) is 5.72 Å². The van der Waals surface area contributed by atoms with Crippen LogP contribution in [0.5, 0.6) is 0 Å². The van der Waals surface area contributed by atoms with E-state index >= 15 is 0 Å². The molecule has 0 aromatic heterocycles. The van der Waals surface area contributed by atoms with Crippen LogP contribution in [0.3, 0.4) is 0 Å². The lowest BCUT2D eigenvalue weighted by Crippen LogP contribution is -2.58. The molecule has 2 unspecified atom stereocenters. The number of esters is 1. The Morgan fingerprint density at radius 3 is 2.20 bits per heavy atom. The van der Waals surface area contributed by atoms with Crippen LogP contribution in [0.1, 0.15) is 64.7 Å². The molecule has 198 valence electrons. The van der Waals surface area contributed by atoms with Crippen molar-refractivity contribution in [2.75, 3.05) is 12.3 Å². The number of hydrogen-bond acceptors (Lipinski definition) is 8. The van der Waals surface area contributed by atoms with E-state index in [-0.39, 0.29) is 12.2 Å². The molecule has 0 amide bonds. The van der Waals surface area contributed by atoms with Crippen molar-refractivity contribution in [2.24, 2.45) is 0 Å². The maximum absolute atomic E-state index is 12.2. The fraction of sp³-hybridized carbons (Fsp3) is 0.560. The van der Waals surface area contributed by atoms with Gasteiger partial charge in [0.1, 0.15) is 6.04 Å². The molecule has 0 saturated heterocycles. The Balaban J connectivity index is 4.59. The summed E-state index contributed by atoms with van der Waals surface area (Å²) in [5.74, 6) is -4.03. The molecule has 0 aliphatic heterocycles. The van der Waals surface area contributed by atoms with Crippen LogP contribution in [0.4, 0.5) is 0 Å². The summed E-state index contributed by atoms with van der Waals surface area (Å²) in [4.78, 5) is 35.0. The number of carbonyl (C=O) groups is 3. The smallest absolute Gasteiger partial charge is 0.364 e.